The number of amides is 1. The van der Waals surface area contributed by atoms with Gasteiger partial charge >= 0.3 is 0 Å². The minimum absolute atomic E-state index is 0.0524. The zero-order valence-electron chi connectivity index (χ0n) is 14.7. The van der Waals surface area contributed by atoms with Gasteiger partial charge in [-0.25, -0.2) is 4.39 Å². The van der Waals surface area contributed by atoms with Crippen LogP contribution in [0, 0.1) is 5.82 Å². The largest absolute Gasteiger partial charge is 0.372 e. The third-order valence-corrected chi connectivity index (χ3v) is 4.77. The van der Waals surface area contributed by atoms with Gasteiger partial charge in [-0.05, 0) is 61.6 Å². The van der Waals surface area contributed by atoms with Crippen LogP contribution in [0.25, 0.3) is 0 Å². The number of rotatable bonds is 5. The van der Waals surface area contributed by atoms with E-state index in [-0.39, 0.29) is 24.2 Å². The number of halogens is 1. The fourth-order valence-corrected chi connectivity index (χ4v) is 3.29. The zero-order chi connectivity index (χ0) is 17.6. The number of nitrogens with zero attached hydrogens (tertiary/aromatic N) is 1. The standard InChI is InChI=1S/C21H25FN2O/c1-16(23-21(25)15-17-5-9-19(22)10-6-17)18-7-11-20(12-8-18)24-13-3-2-4-14-24/h5-12,16H,2-4,13-15H2,1H3,(H,23,25). The van der Waals surface area contributed by atoms with Crippen molar-refractivity contribution in [3.63, 3.8) is 0 Å². The maximum Gasteiger partial charge on any atom is 0.224 e. The van der Waals surface area contributed by atoms with E-state index in [1.807, 2.05) is 6.92 Å². The lowest BCUT2D eigenvalue weighted by molar-refractivity contribution is -0.121. The van der Waals surface area contributed by atoms with E-state index >= 15 is 0 Å². The quantitative estimate of drug-likeness (QED) is 0.883. The Bertz CT molecular complexity index is 691. The molecule has 2 aromatic rings. The van der Waals surface area contributed by atoms with E-state index in [0.717, 1.165) is 24.2 Å². The maximum absolute atomic E-state index is 12.9. The summed E-state index contributed by atoms with van der Waals surface area (Å²) >= 11 is 0. The van der Waals surface area contributed by atoms with E-state index in [9.17, 15) is 9.18 Å². The molecule has 1 fully saturated rings. The molecular weight excluding hydrogens is 315 g/mol. The van der Waals surface area contributed by atoms with E-state index in [2.05, 4.69) is 34.5 Å². The molecule has 1 N–H and O–H groups in total. The highest BCUT2D eigenvalue weighted by Crippen LogP contribution is 2.22. The van der Waals surface area contributed by atoms with Crippen LogP contribution in [-0.2, 0) is 11.2 Å². The van der Waals surface area contributed by atoms with Crippen molar-refractivity contribution in [1.29, 1.82) is 0 Å². The van der Waals surface area contributed by atoms with Crippen molar-refractivity contribution in [2.45, 2.75) is 38.6 Å². The van der Waals surface area contributed by atoms with Crippen LogP contribution in [0.4, 0.5) is 10.1 Å². The van der Waals surface area contributed by atoms with E-state index in [1.165, 1.54) is 37.1 Å². The number of hydrogen-bond donors (Lipinski definition) is 1. The molecule has 25 heavy (non-hydrogen) atoms. The lowest BCUT2D eigenvalue weighted by atomic mass is 10.1. The summed E-state index contributed by atoms with van der Waals surface area (Å²) in [4.78, 5) is 14.6. The Morgan fingerprint density at radius 1 is 1.04 bits per heavy atom. The molecule has 0 bridgehead atoms. The van der Waals surface area contributed by atoms with Gasteiger partial charge in [-0.2, -0.15) is 0 Å². The normalized spacial score (nSPS) is 15.7. The van der Waals surface area contributed by atoms with Crippen LogP contribution in [0.15, 0.2) is 48.5 Å². The number of piperidine rings is 1. The second kappa shape index (κ2) is 8.15. The maximum atomic E-state index is 12.9. The first-order valence-corrected chi connectivity index (χ1v) is 9.00. The van der Waals surface area contributed by atoms with Crippen LogP contribution in [0.3, 0.4) is 0 Å². The van der Waals surface area contributed by atoms with Gasteiger partial charge in [0.15, 0.2) is 0 Å². The lowest BCUT2D eigenvalue weighted by Crippen LogP contribution is -2.30. The molecule has 1 aliphatic heterocycles. The highest BCUT2D eigenvalue weighted by molar-refractivity contribution is 5.79. The summed E-state index contributed by atoms with van der Waals surface area (Å²) in [6.45, 7) is 4.24. The van der Waals surface area contributed by atoms with Gasteiger partial charge in [0.2, 0.25) is 5.91 Å². The van der Waals surface area contributed by atoms with Gasteiger partial charge in [0.25, 0.3) is 0 Å². The summed E-state index contributed by atoms with van der Waals surface area (Å²) < 4.78 is 12.9. The van der Waals surface area contributed by atoms with Crippen molar-refractivity contribution in [1.82, 2.24) is 5.32 Å². The van der Waals surface area contributed by atoms with Gasteiger partial charge in [-0.3, -0.25) is 4.79 Å². The van der Waals surface area contributed by atoms with Crippen molar-refractivity contribution in [2.24, 2.45) is 0 Å². The minimum Gasteiger partial charge on any atom is -0.372 e. The second-order valence-electron chi connectivity index (χ2n) is 6.73. The van der Waals surface area contributed by atoms with Crippen LogP contribution in [0.5, 0.6) is 0 Å². The van der Waals surface area contributed by atoms with Gasteiger partial charge in [-0.1, -0.05) is 24.3 Å². The molecule has 2 aromatic carbocycles. The Hall–Kier alpha value is -2.36. The molecule has 0 radical (unpaired) electrons. The average Bonchev–Trinajstić information content (AvgIpc) is 2.64. The second-order valence-corrected chi connectivity index (χ2v) is 6.73. The predicted molar refractivity (Wildman–Crippen MR) is 99.2 cm³/mol. The number of carbonyl (C=O) groups excluding carboxylic acids is 1. The zero-order valence-corrected chi connectivity index (χ0v) is 14.7. The summed E-state index contributed by atoms with van der Waals surface area (Å²) in [5.74, 6) is -0.342. The first-order chi connectivity index (χ1) is 12.1. The number of benzene rings is 2. The summed E-state index contributed by atoms with van der Waals surface area (Å²) in [7, 11) is 0. The van der Waals surface area contributed by atoms with Gasteiger partial charge in [0.05, 0.1) is 12.5 Å². The number of hydrogen-bond acceptors (Lipinski definition) is 2. The molecule has 4 heteroatoms. The van der Waals surface area contributed by atoms with E-state index in [0.29, 0.717) is 0 Å². The van der Waals surface area contributed by atoms with Crippen LogP contribution >= 0.6 is 0 Å². The van der Waals surface area contributed by atoms with Crippen LogP contribution in [0.1, 0.15) is 43.4 Å². The molecule has 0 aliphatic carbocycles. The van der Waals surface area contributed by atoms with Gasteiger partial charge < -0.3 is 10.2 Å². The molecule has 3 nitrogen and oxygen atoms in total. The Balaban J connectivity index is 1.55. The molecule has 0 aromatic heterocycles. The highest BCUT2D eigenvalue weighted by atomic mass is 19.1. The molecule has 1 saturated heterocycles. The Labute approximate surface area is 148 Å². The van der Waals surface area contributed by atoms with E-state index in [1.54, 1.807) is 12.1 Å². The van der Waals surface area contributed by atoms with Crippen molar-refractivity contribution >= 4 is 11.6 Å². The molecule has 1 aliphatic rings. The van der Waals surface area contributed by atoms with Crippen LogP contribution in [0.2, 0.25) is 0 Å². The molecule has 3 rings (SSSR count). The lowest BCUT2D eigenvalue weighted by Gasteiger charge is -2.29. The third kappa shape index (κ3) is 4.81. The molecule has 1 atom stereocenters. The number of anilines is 1. The fraction of sp³-hybridized carbons (Fsp3) is 0.381. The summed E-state index contributed by atoms with van der Waals surface area (Å²) in [6, 6.07) is 14.5. The molecule has 0 saturated carbocycles. The summed E-state index contributed by atoms with van der Waals surface area (Å²) in [5, 5.41) is 3.01. The first kappa shape index (κ1) is 17.5. The molecule has 1 unspecified atom stereocenters. The topological polar surface area (TPSA) is 32.3 Å². The van der Waals surface area contributed by atoms with Crippen molar-refractivity contribution < 1.29 is 9.18 Å². The summed E-state index contributed by atoms with van der Waals surface area (Å²) in [5.41, 5.74) is 3.16. The van der Waals surface area contributed by atoms with Crippen molar-refractivity contribution in [3.05, 3.63) is 65.5 Å². The van der Waals surface area contributed by atoms with Gasteiger partial charge in [-0.15, -0.1) is 0 Å². The Kier molecular flexibility index (Phi) is 5.69. The number of nitrogens with one attached hydrogen (secondary N) is 1. The van der Waals surface area contributed by atoms with Crippen molar-refractivity contribution in [3.8, 4) is 0 Å². The van der Waals surface area contributed by atoms with Gasteiger partial charge in [0, 0.05) is 18.8 Å². The van der Waals surface area contributed by atoms with Crippen LogP contribution in [-0.4, -0.2) is 19.0 Å². The molecule has 0 spiro atoms. The molecule has 1 amide bonds. The molecular formula is C21H25FN2O. The molecule has 132 valence electrons. The third-order valence-electron chi connectivity index (χ3n) is 4.77. The Morgan fingerprint density at radius 2 is 1.68 bits per heavy atom. The van der Waals surface area contributed by atoms with Crippen molar-refractivity contribution in [2.75, 3.05) is 18.0 Å². The monoisotopic (exact) mass is 340 g/mol. The SMILES string of the molecule is CC(NC(=O)Cc1ccc(F)cc1)c1ccc(N2CCCCC2)cc1. The molecule has 1 heterocycles. The fourth-order valence-electron chi connectivity index (χ4n) is 3.29. The summed E-state index contributed by atoms with van der Waals surface area (Å²) in [6.07, 6.45) is 4.11. The predicted octanol–water partition coefficient (Wildman–Crippen LogP) is 4.24. The van der Waals surface area contributed by atoms with Gasteiger partial charge in [0.1, 0.15) is 5.82 Å². The first-order valence-electron chi connectivity index (χ1n) is 9.00. The smallest absolute Gasteiger partial charge is 0.224 e. The minimum atomic E-state index is -0.286. The van der Waals surface area contributed by atoms with E-state index in [4.69, 9.17) is 0 Å². The number of carbonyl (C=O) groups is 1. The Morgan fingerprint density at radius 3 is 2.32 bits per heavy atom. The average molecular weight is 340 g/mol. The highest BCUT2D eigenvalue weighted by Gasteiger charge is 2.13. The van der Waals surface area contributed by atoms with Crippen LogP contribution < -0.4 is 10.2 Å². The van der Waals surface area contributed by atoms with E-state index < -0.39 is 0 Å².